The van der Waals surface area contributed by atoms with Crippen molar-refractivity contribution in [1.82, 2.24) is 15.6 Å². The quantitative estimate of drug-likeness (QED) is 0.827. The maximum Gasteiger partial charge on any atom is 0.220 e. The second-order valence-electron chi connectivity index (χ2n) is 5.50. The highest BCUT2D eigenvalue weighted by Gasteiger charge is 2.45. The van der Waals surface area contributed by atoms with E-state index in [0.717, 1.165) is 25.1 Å². The Hall–Kier alpha value is -1.46. The molecule has 2 fully saturated rings. The first-order valence-electron chi connectivity index (χ1n) is 6.76. The Morgan fingerprint density at radius 3 is 2.89 bits per heavy atom. The van der Waals surface area contributed by atoms with Gasteiger partial charge in [0.2, 0.25) is 5.91 Å². The summed E-state index contributed by atoms with van der Waals surface area (Å²) < 4.78 is 5.80. The Morgan fingerprint density at radius 1 is 1.47 bits per heavy atom. The number of nitrogens with zero attached hydrogens (tertiary/aromatic N) is 1. The number of hydrogen-bond acceptors (Lipinski definition) is 4. The first-order valence-corrected chi connectivity index (χ1v) is 6.76. The maximum atomic E-state index is 11.9. The van der Waals surface area contributed by atoms with Gasteiger partial charge in [0.1, 0.15) is 0 Å². The van der Waals surface area contributed by atoms with Gasteiger partial charge in [0, 0.05) is 38.4 Å². The summed E-state index contributed by atoms with van der Waals surface area (Å²) in [6.07, 6.45) is 5.04. The zero-order valence-corrected chi connectivity index (χ0v) is 10.9. The summed E-state index contributed by atoms with van der Waals surface area (Å²) in [6, 6.07) is 3.82. The highest BCUT2D eigenvalue weighted by Crippen LogP contribution is 2.34. The lowest BCUT2D eigenvalue weighted by molar-refractivity contribution is -0.122. The van der Waals surface area contributed by atoms with E-state index in [9.17, 15) is 4.79 Å². The molecule has 3 heterocycles. The molecule has 2 N–H and O–H groups in total. The van der Waals surface area contributed by atoms with E-state index in [-0.39, 0.29) is 11.5 Å². The van der Waals surface area contributed by atoms with Gasteiger partial charge in [0.15, 0.2) is 0 Å². The number of carbonyl (C=O) groups is 1. The molecule has 5 nitrogen and oxygen atoms in total. The normalized spacial score (nSPS) is 24.1. The summed E-state index contributed by atoms with van der Waals surface area (Å²) >= 11 is 0. The number of ether oxygens (including phenoxy) is 1. The molecule has 1 spiro atoms. The van der Waals surface area contributed by atoms with Crippen molar-refractivity contribution < 1.29 is 9.53 Å². The molecule has 2 aliphatic heterocycles. The molecule has 3 rings (SSSR count). The van der Waals surface area contributed by atoms with Gasteiger partial charge < -0.3 is 15.4 Å². The van der Waals surface area contributed by atoms with Crippen LogP contribution in [0.4, 0.5) is 0 Å². The van der Waals surface area contributed by atoms with Crippen LogP contribution in [0.3, 0.4) is 0 Å². The molecule has 19 heavy (non-hydrogen) atoms. The van der Waals surface area contributed by atoms with E-state index in [4.69, 9.17) is 4.74 Å². The molecule has 1 amide bonds. The minimum atomic E-state index is 0.0377. The Kier molecular flexibility index (Phi) is 3.48. The van der Waals surface area contributed by atoms with Crippen LogP contribution in [0.1, 0.15) is 18.4 Å². The van der Waals surface area contributed by atoms with Crippen molar-refractivity contribution in [3.05, 3.63) is 30.1 Å². The molecule has 5 heteroatoms. The van der Waals surface area contributed by atoms with Gasteiger partial charge in [-0.2, -0.15) is 0 Å². The van der Waals surface area contributed by atoms with E-state index >= 15 is 0 Å². The van der Waals surface area contributed by atoms with Crippen molar-refractivity contribution in [1.29, 1.82) is 0 Å². The Labute approximate surface area is 112 Å². The zero-order valence-electron chi connectivity index (χ0n) is 10.9. The topological polar surface area (TPSA) is 63.2 Å². The number of aromatic nitrogens is 1. The van der Waals surface area contributed by atoms with Gasteiger partial charge in [-0.05, 0) is 30.0 Å². The van der Waals surface area contributed by atoms with E-state index in [0.29, 0.717) is 25.5 Å². The van der Waals surface area contributed by atoms with Crippen molar-refractivity contribution in [3.63, 3.8) is 0 Å². The molecule has 1 atom stereocenters. The van der Waals surface area contributed by atoms with Gasteiger partial charge >= 0.3 is 0 Å². The molecule has 0 bridgehead atoms. The van der Waals surface area contributed by atoms with E-state index in [2.05, 4.69) is 15.6 Å². The highest BCUT2D eigenvalue weighted by atomic mass is 16.5. The second-order valence-corrected chi connectivity index (χ2v) is 5.50. The molecule has 1 aromatic heterocycles. The third-order valence-corrected chi connectivity index (χ3v) is 3.89. The van der Waals surface area contributed by atoms with Crippen LogP contribution in [0, 0.1) is 5.92 Å². The Morgan fingerprint density at radius 2 is 2.26 bits per heavy atom. The minimum Gasteiger partial charge on any atom is -0.372 e. The van der Waals surface area contributed by atoms with Crippen molar-refractivity contribution >= 4 is 5.91 Å². The van der Waals surface area contributed by atoms with Crippen molar-refractivity contribution in [3.8, 4) is 0 Å². The Bertz CT molecular complexity index is 445. The summed E-state index contributed by atoms with van der Waals surface area (Å²) in [5, 5.41) is 6.18. The van der Waals surface area contributed by atoms with Crippen LogP contribution in [0.25, 0.3) is 0 Å². The first kappa shape index (κ1) is 12.6. The maximum absolute atomic E-state index is 11.9. The van der Waals surface area contributed by atoms with Crippen LogP contribution >= 0.6 is 0 Å². The lowest BCUT2D eigenvalue weighted by atomic mass is 9.88. The van der Waals surface area contributed by atoms with Gasteiger partial charge in [-0.25, -0.2) is 0 Å². The fourth-order valence-electron chi connectivity index (χ4n) is 2.76. The molecular weight excluding hydrogens is 242 g/mol. The average Bonchev–Trinajstić information content (AvgIpc) is 2.82. The smallest absolute Gasteiger partial charge is 0.220 e. The lowest BCUT2D eigenvalue weighted by Crippen LogP contribution is -2.59. The largest absolute Gasteiger partial charge is 0.372 e. The van der Waals surface area contributed by atoms with Crippen LogP contribution in [0.5, 0.6) is 0 Å². The summed E-state index contributed by atoms with van der Waals surface area (Å²) in [7, 11) is 0. The van der Waals surface area contributed by atoms with E-state index < -0.39 is 0 Å². The van der Waals surface area contributed by atoms with Crippen molar-refractivity contribution in [2.24, 2.45) is 5.92 Å². The molecule has 0 aliphatic carbocycles. The molecule has 2 aliphatic rings. The van der Waals surface area contributed by atoms with Gasteiger partial charge in [0.25, 0.3) is 0 Å². The zero-order chi connectivity index (χ0) is 13.1. The molecule has 0 saturated carbocycles. The third kappa shape index (κ3) is 2.93. The summed E-state index contributed by atoms with van der Waals surface area (Å²) in [6.45, 7) is 3.15. The molecule has 102 valence electrons. The van der Waals surface area contributed by atoms with Crippen molar-refractivity contribution in [2.45, 2.75) is 25.0 Å². The third-order valence-electron chi connectivity index (χ3n) is 3.89. The molecule has 0 radical (unpaired) electrons. The number of carbonyl (C=O) groups excluding carboxylic acids is 1. The van der Waals surface area contributed by atoms with Gasteiger partial charge in [-0.1, -0.05) is 0 Å². The van der Waals surface area contributed by atoms with Crippen LogP contribution in [0.2, 0.25) is 0 Å². The first-order chi connectivity index (χ1) is 9.26. The number of amides is 1. The van der Waals surface area contributed by atoms with E-state index in [1.165, 1.54) is 0 Å². The monoisotopic (exact) mass is 261 g/mol. The van der Waals surface area contributed by atoms with Crippen LogP contribution in [0.15, 0.2) is 24.5 Å². The summed E-state index contributed by atoms with van der Waals surface area (Å²) in [5.41, 5.74) is 1.11. The van der Waals surface area contributed by atoms with E-state index in [1.54, 1.807) is 12.4 Å². The number of hydrogen-bond donors (Lipinski definition) is 2. The predicted octanol–water partition coefficient (Wildman–Crippen LogP) is 0.466. The second kappa shape index (κ2) is 5.27. The molecule has 1 aromatic rings. The molecule has 0 aromatic carbocycles. The van der Waals surface area contributed by atoms with Gasteiger partial charge in [0.05, 0.1) is 12.2 Å². The van der Waals surface area contributed by atoms with Crippen LogP contribution < -0.4 is 10.6 Å². The van der Waals surface area contributed by atoms with Crippen molar-refractivity contribution in [2.75, 3.05) is 19.7 Å². The number of rotatable bonds is 4. The summed E-state index contributed by atoms with van der Waals surface area (Å²) in [4.78, 5) is 15.8. The predicted molar refractivity (Wildman–Crippen MR) is 70.4 cm³/mol. The molecular formula is C14H19N3O2. The fourth-order valence-corrected chi connectivity index (χ4v) is 2.76. The minimum absolute atomic E-state index is 0.0377. The molecule has 2 saturated heterocycles. The lowest BCUT2D eigenvalue weighted by Gasteiger charge is -2.38. The number of pyridine rings is 1. The average molecular weight is 261 g/mol. The number of nitrogens with one attached hydrogen (secondary N) is 2. The van der Waals surface area contributed by atoms with Crippen LogP contribution in [-0.2, 0) is 16.1 Å². The van der Waals surface area contributed by atoms with Gasteiger partial charge in [-0.15, -0.1) is 0 Å². The standard InChI is InChI=1S/C14H19N3O2/c18-13(17-7-11-1-3-15-4-2-11)5-12-6-14(19-8-12)9-16-10-14/h1-4,12,16H,5-10H2,(H,17,18). The SMILES string of the molecule is O=C(CC1COC2(CNC2)C1)NCc1ccncc1. The van der Waals surface area contributed by atoms with Gasteiger partial charge in [-0.3, -0.25) is 9.78 Å². The van der Waals surface area contributed by atoms with E-state index in [1.807, 2.05) is 12.1 Å². The Balaban J connectivity index is 1.42. The van der Waals surface area contributed by atoms with Crippen LogP contribution in [-0.4, -0.2) is 36.2 Å². The highest BCUT2D eigenvalue weighted by molar-refractivity contribution is 5.76. The summed E-state index contributed by atoms with van der Waals surface area (Å²) in [5.74, 6) is 0.467. The fraction of sp³-hybridized carbons (Fsp3) is 0.571. The molecule has 1 unspecified atom stereocenters.